The van der Waals surface area contributed by atoms with E-state index in [1.165, 1.54) is 0 Å². The third-order valence-electron chi connectivity index (χ3n) is 11.6. The van der Waals surface area contributed by atoms with Gasteiger partial charge in [-0.1, -0.05) is 47.5 Å². The molecule has 2 aromatic rings. The van der Waals surface area contributed by atoms with Gasteiger partial charge in [-0.05, 0) is 88.9 Å². The number of ketones is 2. The Balaban J connectivity index is 1.83. The van der Waals surface area contributed by atoms with E-state index in [-0.39, 0.29) is 33.9 Å². The molecule has 1 aromatic carbocycles. The number of ether oxygens (including phenoxy) is 5. The zero-order valence-corrected chi connectivity index (χ0v) is 35.6. The number of allylic oxidation sites excluding steroid dienone is 1. The van der Waals surface area contributed by atoms with E-state index in [2.05, 4.69) is 52.9 Å². The van der Waals surface area contributed by atoms with Crippen molar-refractivity contribution in [2.45, 2.75) is 129 Å². The van der Waals surface area contributed by atoms with Crippen molar-refractivity contribution in [2.75, 3.05) is 41.5 Å². The molecule has 1 heterocycles. The predicted molar refractivity (Wildman–Crippen MR) is 207 cm³/mol. The molecular weight excluding hydrogens is 709 g/mol. The molecule has 0 saturated heterocycles. The molecule has 0 bridgehead atoms. The molecule has 0 unspecified atom stereocenters. The number of aliphatic hydroxyl groups excluding tert-OH is 1. The van der Waals surface area contributed by atoms with Crippen molar-refractivity contribution in [1.82, 2.24) is 10.1 Å². The maximum Gasteiger partial charge on any atom is 0.265 e. The van der Waals surface area contributed by atoms with Gasteiger partial charge in [0.1, 0.15) is 22.8 Å². The standard InChI is InChI=1S/C41H62N2O10Si/c1-14-16-18-49-28-22-26(39(47-10)48-11)34(51-23(3)4)25-20-24-21-27-32(43(8)9)35-31(38(42-52-35)50-19-17-15-2)37(46)41(27,53-54(12,13)40(5,6)7)36(45)29(24)33(44)30(25)28/h22-24,27,32,39,45H,14-21H2,1-13H3/t24-,27-,32-,41-/m0/s1. The van der Waals surface area contributed by atoms with E-state index in [0.29, 0.717) is 60.0 Å². The highest BCUT2D eigenvalue weighted by molar-refractivity contribution is 6.74. The average Bonchev–Trinajstić information content (AvgIpc) is 3.50. The van der Waals surface area contributed by atoms with Gasteiger partial charge < -0.3 is 37.7 Å². The smallest absolute Gasteiger partial charge is 0.265 e. The zero-order chi connectivity index (χ0) is 39.9. The molecule has 5 rings (SSSR count). The fourth-order valence-corrected chi connectivity index (χ4v) is 9.40. The highest BCUT2D eigenvalue weighted by Crippen LogP contribution is 2.60. The Kier molecular flexibility index (Phi) is 12.5. The van der Waals surface area contributed by atoms with Gasteiger partial charge in [0.15, 0.2) is 31.8 Å². The first-order valence-corrected chi connectivity index (χ1v) is 22.4. The first-order chi connectivity index (χ1) is 25.4. The Morgan fingerprint density at radius 1 is 1.04 bits per heavy atom. The van der Waals surface area contributed by atoms with Crippen molar-refractivity contribution >= 4 is 19.9 Å². The lowest BCUT2D eigenvalue weighted by atomic mass is 9.58. The molecule has 12 nitrogen and oxygen atoms in total. The number of methoxy groups -OCH3 is 2. The van der Waals surface area contributed by atoms with Gasteiger partial charge in [-0.25, -0.2) is 0 Å². The van der Waals surface area contributed by atoms with Crippen molar-refractivity contribution in [3.05, 3.63) is 45.4 Å². The minimum Gasteiger partial charge on any atom is -0.508 e. The Bertz CT molecular complexity index is 1740. The first kappa shape index (κ1) is 41.9. The molecule has 1 N–H and O–H groups in total. The van der Waals surface area contributed by atoms with Crippen LogP contribution in [0.3, 0.4) is 0 Å². The lowest BCUT2D eigenvalue weighted by molar-refractivity contribution is -0.107. The van der Waals surface area contributed by atoms with Gasteiger partial charge in [0.25, 0.3) is 5.88 Å². The Labute approximate surface area is 321 Å². The fraction of sp³-hybridized carbons (Fsp3) is 0.683. The summed E-state index contributed by atoms with van der Waals surface area (Å²) in [5, 5.41) is 16.9. The summed E-state index contributed by atoms with van der Waals surface area (Å²) in [5.74, 6) is -1.12. The summed E-state index contributed by atoms with van der Waals surface area (Å²) in [5.41, 5.74) is -0.0229. The molecular formula is C41H62N2O10Si. The van der Waals surface area contributed by atoms with Gasteiger partial charge in [-0.15, -0.1) is 0 Å². The van der Waals surface area contributed by atoms with E-state index in [1.54, 1.807) is 20.3 Å². The largest absolute Gasteiger partial charge is 0.508 e. The van der Waals surface area contributed by atoms with E-state index in [0.717, 1.165) is 25.7 Å². The lowest BCUT2D eigenvalue weighted by Crippen LogP contribution is -2.65. The fourth-order valence-electron chi connectivity index (χ4n) is 7.94. The van der Waals surface area contributed by atoms with Crippen LogP contribution in [0, 0.1) is 11.8 Å². The second kappa shape index (κ2) is 16.1. The van der Waals surface area contributed by atoms with Gasteiger partial charge in [-0.2, -0.15) is 0 Å². The van der Waals surface area contributed by atoms with Crippen molar-refractivity contribution in [2.24, 2.45) is 11.8 Å². The third kappa shape index (κ3) is 7.15. The molecule has 3 aliphatic rings. The van der Waals surface area contributed by atoms with E-state index in [9.17, 15) is 5.11 Å². The van der Waals surface area contributed by atoms with Crippen molar-refractivity contribution in [3.8, 4) is 17.4 Å². The van der Waals surface area contributed by atoms with Crippen molar-refractivity contribution in [1.29, 1.82) is 0 Å². The number of carbonyl (C=O) groups excluding carboxylic acids is 2. The molecule has 3 aliphatic carbocycles. The number of fused-ring (bicyclic) bond motifs is 4. The number of benzene rings is 1. The molecule has 0 aliphatic heterocycles. The molecule has 1 aromatic heterocycles. The lowest BCUT2D eigenvalue weighted by Gasteiger charge is -2.55. The second-order valence-corrected chi connectivity index (χ2v) is 21.6. The van der Waals surface area contributed by atoms with Crippen LogP contribution >= 0.6 is 0 Å². The predicted octanol–water partition coefficient (Wildman–Crippen LogP) is 8.56. The number of Topliss-reactive ketones (excluding diaryl/α,β-unsaturated/α-hetero) is 2. The van der Waals surface area contributed by atoms with Gasteiger partial charge in [0.05, 0.1) is 36.5 Å². The molecule has 0 saturated carbocycles. The molecule has 0 radical (unpaired) electrons. The number of rotatable bonds is 16. The molecule has 54 heavy (non-hydrogen) atoms. The van der Waals surface area contributed by atoms with E-state index in [1.807, 2.05) is 32.8 Å². The van der Waals surface area contributed by atoms with Crippen LogP contribution < -0.4 is 14.2 Å². The Morgan fingerprint density at radius 3 is 2.22 bits per heavy atom. The van der Waals surface area contributed by atoms with E-state index < -0.39 is 49.7 Å². The summed E-state index contributed by atoms with van der Waals surface area (Å²) in [7, 11) is 4.07. The van der Waals surface area contributed by atoms with Gasteiger partial charge >= 0.3 is 0 Å². The number of nitrogens with zero attached hydrogens (tertiary/aromatic N) is 2. The van der Waals surface area contributed by atoms with Crippen LogP contribution in [0.4, 0.5) is 0 Å². The summed E-state index contributed by atoms with van der Waals surface area (Å²) in [4.78, 5) is 32.7. The molecule has 0 amide bonds. The highest BCUT2D eigenvalue weighted by Gasteiger charge is 2.67. The van der Waals surface area contributed by atoms with Crippen LogP contribution in [0.1, 0.15) is 131 Å². The summed E-state index contributed by atoms with van der Waals surface area (Å²) in [6.45, 7) is 19.1. The van der Waals surface area contributed by atoms with Crippen LogP contribution in [-0.4, -0.2) is 88.3 Å². The Hall–Kier alpha value is -3.23. The Morgan fingerprint density at radius 2 is 1.67 bits per heavy atom. The number of hydrogen-bond acceptors (Lipinski definition) is 12. The number of hydrogen-bond donors (Lipinski definition) is 1. The minimum atomic E-state index is -2.86. The molecule has 13 heteroatoms. The van der Waals surface area contributed by atoms with Crippen molar-refractivity contribution in [3.63, 3.8) is 0 Å². The maximum absolute atomic E-state index is 15.4. The molecule has 0 spiro atoms. The van der Waals surface area contributed by atoms with E-state index >= 15 is 9.59 Å². The van der Waals surface area contributed by atoms with Crippen LogP contribution in [0.15, 0.2) is 21.9 Å². The van der Waals surface area contributed by atoms with E-state index in [4.69, 9.17) is 32.6 Å². The number of carbonyl (C=O) groups is 2. The summed E-state index contributed by atoms with van der Waals surface area (Å²) in [6, 6.07) is 1.21. The van der Waals surface area contributed by atoms with Crippen LogP contribution in [0.25, 0.3) is 0 Å². The zero-order valence-electron chi connectivity index (χ0n) is 34.6. The van der Waals surface area contributed by atoms with Crippen LogP contribution in [0.5, 0.6) is 17.4 Å². The highest BCUT2D eigenvalue weighted by atomic mass is 28.4. The SMILES string of the molecule is CCCCOc1cc(C(OC)OC)c(OC(C)C)c2c1C(=O)C1=C(O)[C@]3(O[Si](C)(C)C(C)(C)C)C(=O)c4c(OCCCC)noc4[C@@H](N(C)C)[C@@H]3C[C@@H]1C2. The van der Waals surface area contributed by atoms with Gasteiger partial charge in [-0.3, -0.25) is 14.5 Å². The van der Waals surface area contributed by atoms with Crippen LogP contribution in [-0.2, 0) is 20.3 Å². The minimum absolute atomic E-state index is 0.0765. The summed E-state index contributed by atoms with van der Waals surface area (Å²) < 4.78 is 43.7. The number of unbranched alkanes of at least 4 members (excludes halogenated alkanes) is 2. The molecule has 4 atom stereocenters. The normalized spacial score (nSPS) is 22.8. The average molecular weight is 771 g/mol. The van der Waals surface area contributed by atoms with Gasteiger partial charge in [0.2, 0.25) is 5.78 Å². The van der Waals surface area contributed by atoms with Crippen LogP contribution in [0.2, 0.25) is 18.1 Å². The first-order valence-electron chi connectivity index (χ1n) is 19.5. The topological polar surface area (TPSA) is 139 Å². The quantitative estimate of drug-likeness (QED) is 0.0994. The third-order valence-corrected chi connectivity index (χ3v) is 16.0. The number of aliphatic hydroxyl groups is 1. The summed E-state index contributed by atoms with van der Waals surface area (Å²) in [6.07, 6.45) is 2.94. The molecule has 0 fully saturated rings. The second-order valence-electron chi connectivity index (χ2n) is 16.9. The number of aromatic nitrogens is 1. The maximum atomic E-state index is 15.4. The summed E-state index contributed by atoms with van der Waals surface area (Å²) >= 11 is 0. The van der Waals surface area contributed by atoms with Crippen molar-refractivity contribution < 1.29 is 47.3 Å². The monoisotopic (exact) mass is 770 g/mol. The molecule has 300 valence electrons. The van der Waals surface area contributed by atoms with Gasteiger partial charge in [0, 0.05) is 31.3 Å².